The van der Waals surface area contributed by atoms with Gasteiger partial charge in [0.1, 0.15) is 0 Å². The summed E-state index contributed by atoms with van der Waals surface area (Å²) in [5, 5.41) is 0. The molecular formula is C4H4F3NO3S2. The maximum Gasteiger partial charge on any atom is 0.462 e. The van der Waals surface area contributed by atoms with E-state index < -0.39 is 39.1 Å². The van der Waals surface area contributed by atoms with Gasteiger partial charge in [0.2, 0.25) is 15.9 Å². The summed E-state index contributed by atoms with van der Waals surface area (Å²) in [4.78, 5) is 10.7. The van der Waals surface area contributed by atoms with Crippen molar-refractivity contribution < 1.29 is 26.4 Å². The van der Waals surface area contributed by atoms with Gasteiger partial charge in [-0.1, -0.05) is 0 Å². The number of halogens is 3. The molecule has 76 valence electrons. The van der Waals surface area contributed by atoms with Gasteiger partial charge in [-0.05, 0) is 0 Å². The van der Waals surface area contributed by atoms with Crippen LogP contribution in [0.3, 0.4) is 0 Å². The molecule has 1 rings (SSSR count). The molecule has 1 aliphatic heterocycles. The van der Waals surface area contributed by atoms with Crippen LogP contribution in [0.25, 0.3) is 0 Å². The minimum absolute atomic E-state index is 0.201. The van der Waals surface area contributed by atoms with Gasteiger partial charge in [-0.2, -0.15) is 16.9 Å². The van der Waals surface area contributed by atoms with Gasteiger partial charge in [-0.3, -0.25) is 4.79 Å². The first kappa shape index (κ1) is 10.6. The first-order chi connectivity index (χ1) is 5.72. The minimum atomic E-state index is -4.76. The van der Waals surface area contributed by atoms with E-state index in [0.29, 0.717) is 0 Å². The predicted molar refractivity (Wildman–Crippen MR) is 38.9 cm³/mol. The summed E-state index contributed by atoms with van der Waals surface area (Å²) in [5.41, 5.74) is -4.76. The molecule has 1 fully saturated rings. The Morgan fingerprint density at radius 2 is 1.92 bits per heavy atom. The quantitative estimate of drug-likeness (QED) is 0.628. The van der Waals surface area contributed by atoms with Gasteiger partial charge in [0, 0.05) is 6.42 Å². The van der Waals surface area contributed by atoms with Crippen molar-refractivity contribution in [2.75, 3.05) is 5.75 Å². The molecule has 0 unspecified atom stereocenters. The van der Waals surface area contributed by atoms with Crippen molar-refractivity contribution in [3.05, 3.63) is 0 Å². The van der Waals surface area contributed by atoms with Crippen molar-refractivity contribution >= 4 is 27.9 Å². The molecule has 0 N–H and O–H groups in total. The predicted octanol–water partition coefficient (Wildman–Crippen LogP) is 0.717. The van der Waals surface area contributed by atoms with E-state index in [2.05, 4.69) is 0 Å². The van der Waals surface area contributed by atoms with E-state index in [9.17, 15) is 26.4 Å². The Labute approximate surface area is 76.3 Å². The second-order valence-corrected chi connectivity index (χ2v) is 5.40. The lowest BCUT2D eigenvalue weighted by Gasteiger charge is -2.14. The Hall–Kier alpha value is -0.440. The van der Waals surface area contributed by atoms with Crippen molar-refractivity contribution in [3.8, 4) is 0 Å². The highest BCUT2D eigenvalue weighted by molar-refractivity contribution is 8.10. The van der Waals surface area contributed by atoms with Crippen molar-refractivity contribution in [1.82, 2.24) is 3.71 Å². The summed E-state index contributed by atoms with van der Waals surface area (Å²) in [5.74, 6) is -1.57. The van der Waals surface area contributed by atoms with Crippen LogP contribution in [0.1, 0.15) is 6.42 Å². The van der Waals surface area contributed by atoms with E-state index in [1.54, 1.807) is 0 Å². The Morgan fingerprint density at radius 3 is 2.23 bits per heavy atom. The third-order valence-corrected chi connectivity index (χ3v) is 4.13. The van der Waals surface area contributed by atoms with E-state index in [-0.39, 0.29) is 10.1 Å². The van der Waals surface area contributed by atoms with Crippen LogP contribution in [0, 0.1) is 0 Å². The summed E-state index contributed by atoms with van der Waals surface area (Å²) in [7, 11) is -4.04. The Bertz CT molecular complexity index is 322. The van der Waals surface area contributed by atoms with E-state index in [1.165, 1.54) is 0 Å². The number of alkyl halides is 3. The van der Waals surface area contributed by atoms with E-state index >= 15 is 0 Å². The minimum Gasteiger partial charge on any atom is -0.273 e. The average molecular weight is 235 g/mol. The number of carbonyl (C=O) groups excluding carboxylic acids is 1. The molecule has 0 saturated carbocycles. The van der Waals surface area contributed by atoms with Gasteiger partial charge in [0.05, 0.1) is 17.7 Å². The van der Waals surface area contributed by atoms with Gasteiger partial charge in [0.15, 0.2) is 0 Å². The number of nitrogens with zero attached hydrogens (tertiary/aromatic N) is 1. The van der Waals surface area contributed by atoms with Crippen molar-refractivity contribution in [2.24, 2.45) is 0 Å². The number of hydrogen-bond donors (Lipinski definition) is 0. The van der Waals surface area contributed by atoms with Gasteiger partial charge in [-0.25, -0.2) is 8.42 Å². The number of carbonyl (C=O) groups is 1. The van der Waals surface area contributed by atoms with Crippen LogP contribution in [0.15, 0.2) is 0 Å². The molecule has 0 spiro atoms. The molecule has 0 aromatic rings. The zero-order valence-corrected chi connectivity index (χ0v) is 7.67. The molecule has 1 aliphatic rings. The Kier molecular flexibility index (Phi) is 2.50. The second kappa shape index (κ2) is 3.05. The fraction of sp³-hybridized carbons (Fsp3) is 0.750. The Balaban J connectivity index is 2.85. The molecule has 1 saturated heterocycles. The lowest BCUT2D eigenvalue weighted by Crippen LogP contribution is -2.26. The molecule has 9 heteroatoms. The molecule has 0 atom stereocenters. The first-order valence-electron chi connectivity index (χ1n) is 3.04. The highest BCUT2D eigenvalue weighted by atomic mass is 32.3. The van der Waals surface area contributed by atoms with Crippen molar-refractivity contribution in [2.45, 2.75) is 11.9 Å². The van der Waals surface area contributed by atoms with Crippen LogP contribution in [0.5, 0.6) is 0 Å². The molecular weight excluding hydrogens is 231 g/mol. The summed E-state index contributed by atoms with van der Waals surface area (Å²) in [6.07, 6.45) is -0.384. The third-order valence-electron chi connectivity index (χ3n) is 1.22. The van der Waals surface area contributed by atoms with Crippen LogP contribution in [-0.4, -0.2) is 29.3 Å². The zero-order chi connectivity index (χ0) is 10.3. The highest BCUT2D eigenvalue weighted by Crippen LogP contribution is 2.37. The molecule has 0 aromatic carbocycles. The van der Waals surface area contributed by atoms with Crippen molar-refractivity contribution in [1.29, 1.82) is 0 Å². The van der Waals surface area contributed by atoms with E-state index in [1.807, 2.05) is 0 Å². The number of rotatable bonds is 1. The largest absolute Gasteiger partial charge is 0.462 e. The molecule has 1 heterocycles. The molecule has 0 bridgehead atoms. The van der Waals surface area contributed by atoms with Crippen LogP contribution in [-0.2, 0) is 14.8 Å². The monoisotopic (exact) mass is 235 g/mol. The second-order valence-electron chi connectivity index (χ2n) is 2.22. The van der Waals surface area contributed by atoms with Crippen LogP contribution < -0.4 is 0 Å². The smallest absolute Gasteiger partial charge is 0.273 e. The molecule has 13 heavy (non-hydrogen) atoms. The van der Waals surface area contributed by atoms with Gasteiger partial charge in [0.25, 0.3) is 0 Å². The summed E-state index contributed by atoms with van der Waals surface area (Å²) in [6.45, 7) is 0. The SMILES string of the molecule is O=C1CCS(=O)(=O)N1SC(F)(F)F. The summed E-state index contributed by atoms with van der Waals surface area (Å²) >= 11 is -0.925. The highest BCUT2D eigenvalue weighted by Gasteiger charge is 2.44. The summed E-state index contributed by atoms with van der Waals surface area (Å²) < 4.78 is 56.7. The average Bonchev–Trinajstić information content (AvgIpc) is 2.13. The first-order valence-corrected chi connectivity index (χ1v) is 5.42. The maximum absolute atomic E-state index is 11.7. The summed E-state index contributed by atoms with van der Waals surface area (Å²) in [6, 6.07) is 0. The topological polar surface area (TPSA) is 54.5 Å². The van der Waals surface area contributed by atoms with E-state index in [4.69, 9.17) is 0 Å². The van der Waals surface area contributed by atoms with Gasteiger partial charge in [-0.15, -0.1) is 0 Å². The molecule has 4 nitrogen and oxygen atoms in total. The van der Waals surface area contributed by atoms with Crippen LogP contribution >= 0.6 is 11.9 Å². The lowest BCUT2D eigenvalue weighted by atomic mass is 10.5. The molecule has 0 aliphatic carbocycles. The standard InChI is InChI=1S/C4H4F3NO3S2/c5-4(6,7)12-8-3(9)1-2-13(8,10)11/h1-2H2. The third kappa shape index (κ3) is 2.50. The normalized spacial score (nSPS) is 22.4. The number of amides is 1. The van der Waals surface area contributed by atoms with Gasteiger partial charge < -0.3 is 0 Å². The molecule has 0 radical (unpaired) electrons. The van der Waals surface area contributed by atoms with Crippen LogP contribution in [0.2, 0.25) is 0 Å². The molecule has 0 aromatic heterocycles. The van der Waals surface area contributed by atoms with Crippen molar-refractivity contribution in [3.63, 3.8) is 0 Å². The lowest BCUT2D eigenvalue weighted by molar-refractivity contribution is -0.122. The van der Waals surface area contributed by atoms with Gasteiger partial charge >= 0.3 is 5.51 Å². The number of sulfonamides is 1. The fourth-order valence-electron chi connectivity index (χ4n) is 0.747. The van der Waals surface area contributed by atoms with Crippen LogP contribution in [0.4, 0.5) is 13.2 Å². The van der Waals surface area contributed by atoms with E-state index in [0.717, 1.165) is 0 Å². The zero-order valence-electron chi connectivity index (χ0n) is 6.04. The maximum atomic E-state index is 11.7. The Morgan fingerprint density at radius 1 is 1.38 bits per heavy atom. The number of hydrogen-bond acceptors (Lipinski definition) is 4. The fourth-order valence-corrected chi connectivity index (χ4v) is 3.06. The molecule has 1 amide bonds.